The minimum atomic E-state index is -1.31. The van der Waals surface area contributed by atoms with Crippen LogP contribution in [-0.2, 0) is 19.2 Å². The van der Waals surface area contributed by atoms with Crippen molar-refractivity contribution in [2.24, 2.45) is 5.16 Å². The van der Waals surface area contributed by atoms with Crippen LogP contribution >= 0.6 is 23.1 Å². The summed E-state index contributed by atoms with van der Waals surface area (Å²) in [5.74, 6) is -2.39. The number of aliphatic carboxylic acids is 1. The molecule has 2 saturated heterocycles. The predicted octanol–water partition coefficient (Wildman–Crippen LogP) is -3.31. The molecular formula is C18H22N5NaO5S2. The van der Waals surface area contributed by atoms with Gasteiger partial charge in [-0.25, -0.2) is 4.98 Å². The average molecular weight is 476 g/mol. The molecule has 0 spiro atoms. The summed E-state index contributed by atoms with van der Waals surface area (Å²) < 4.78 is -0.732. The first-order valence-corrected chi connectivity index (χ1v) is 11.4. The number of anilines is 1. The molecule has 3 N–H and O–H groups in total. The van der Waals surface area contributed by atoms with Crippen molar-refractivity contribution in [3.63, 3.8) is 0 Å². The Labute approximate surface area is 209 Å². The van der Waals surface area contributed by atoms with Crippen molar-refractivity contribution in [2.45, 2.75) is 67.8 Å². The van der Waals surface area contributed by atoms with Crippen LogP contribution in [0.15, 0.2) is 10.5 Å². The standard InChI is InChI=1S/C18H23N5O5S2.Na/c1-18(2)12(16(26)27)23-14(25)11(15(23)30-18)21-13(24)10(9-7-29-17(19)20-9)22-28-8-5-3-4-6-8;/h7-8,11-12,15H,3-6H2,1-2H3,(H2,19,20)(H,21,24)(H,26,27);/q;+1/p-1/b22-10+;/t11-,12+,15-;/m1./s1. The number of thioether (sulfide) groups is 1. The fourth-order valence-corrected chi connectivity index (χ4v) is 6.23. The molecule has 2 aliphatic heterocycles. The van der Waals surface area contributed by atoms with E-state index in [2.05, 4.69) is 15.5 Å². The van der Waals surface area contributed by atoms with Crippen LogP contribution in [0.2, 0.25) is 0 Å². The van der Waals surface area contributed by atoms with Crippen LogP contribution in [0.4, 0.5) is 5.13 Å². The Hall–Kier alpha value is -1.34. The van der Waals surface area contributed by atoms with Crippen molar-refractivity contribution in [1.29, 1.82) is 0 Å². The maximum Gasteiger partial charge on any atom is 1.00 e. The van der Waals surface area contributed by atoms with Crippen LogP contribution in [-0.4, -0.2) is 61.7 Å². The molecular weight excluding hydrogens is 453 g/mol. The van der Waals surface area contributed by atoms with Gasteiger partial charge in [0.05, 0.1) is 12.0 Å². The number of carboxylic acids is 1. The molecule has 3 aliphatic rings. The number of nitrogens with two attached hydrogens (primary N) is 1. The number of nitrogen functional groups attached to an aromatic ring is 1. The molecule has 0 radical (unpaired) electrons. The first kappa shape index (κ1) is 24.3. The number of fused-ring (bicyclic) bond motifs is 1. The number of hydrogen-bond donors (Lipinski definition) is 2. The molecule has 1 aliphatic carbocycles. The number of aromatic nitrogens is 1. The number of β-lactam (4-membered cyclic amide) rings is 1. The maximum atomic E-state index is 13.0. The summed E-state index contributed by atoms with van der Waals surface area (Å²) in [5, 5.41) is 19.6. The van der Waals surface area contributed by atoms with Gasteiger partial charge in [-0.3, -0.25) is 9.59 Å². The molecule has 3 atom stereocenters. The van der Waals surface area contributed by atoms with Gasteiger partial charge in [0, 0.05) is 10.1 Å². The summed E-state index contributed by atoms with van der Waals surface area (Å²) in [5.41, 5.74) is 5.90. The van der Waals surface area contributed by atoms with E-state index < -0.39 is 40.0 Å². The zero-order valence-electron chi connectivity index (χ0n) is 17.5. The van der Waals surface area contributed by atoms with Crippen molar-refractivity contribution in [3.05, 3.63) is 11.1 Å². The van der Waals surface area contributed by atoms with Crippen LogP contribution in [0.25, 0.3) is 0 Å². The molecule has 0 aromatic carbocycles. The Morgan fingerprint density at radius 1 is 1.39 bits per heavy atom. The van der Waals surface area contributed by atoms with E-state index in [4.69, 9.17) is 10.6 Å². The summed E-state index contributed by atoms with van der Waals surface area (Å²) in [4.78, 5) is 48.0. The Kier molecular flexibility index (Phi) is 7.26. The average Bonchev–Trinajstić information content (AvgIpc) is 3.38. The van der Waals surface area contributed by atoms with Gasteiger partial charge in [0.25, 0.3) is 5.91 Å². The topological polar surface area (TPSA) is 150 Å². The smallest absolute Gasteiger partial charge is 0.548 e. The van der Waals surface area contributed by atoms with Crippen LogP contribution in [0.5, 0.6) is 0 Å². The third kappa shape index (κ3) is 4.58. The second-order valence-electron chi connectivity index (χ2n) is 8.05. The fraction of sp³-hybridized carbons (Fsp3) is 0.611. The number of rotatable bonds is 6. The number of hydrogen-bond acceptors (Lipinski definition) is 10. The van der Waals surface area contributed by atoms with Gasteiger partial charge in [0.15, 0.2) is 10.8 Å². The number of oxime groups is 1. The van der Waals surface area contributed by atoms with E-state index in [1.54, 1.807) is 19.2 Å². The zero-order valence-corrected chi connectivity index (χ0v) is 21.1. The van der Waals surface area contributed by atoms with Gasteiger partial charge in [-0.2, -0.15) is 0 Å². The van der Waals surface area contributed by atoms with Crippen LogP contribution in [0, 0.1) is 0 Å². The first-order valence-electron chi connectivity index (χ1n) is 9.66. The largest absolute Gasteiger partial charge is 1.00 e. The molecule has 4 rings (SSSR count). The molecule has 0 unspecified atom stereocenters. The second kappa shape index (κ2) is 9.26. The van der Waals surface area contributed by atoms with E-state index in [1.807, 2.05) is 0 Å². The Balaban J connectivity index is 0.00000272. The molecule has 1 aromatic heterocycles. The van der Waals surface area contributed by atoms with E-state index in [0.717, 1.165) is 37.0 Å². The summed E-state index contributed by atoms with van der Waals surface area (Å²) in [6.07, 6.45) is 3.77. The first-order chi connectivity index (χ1) is 14.2. The van der Waals surface area contributed by atoms with Crippen molar-refractivity contribution >= 4 is 51.7 Å². The third-order valence-corrected chi connectivity index (χ3v) is 7.77. The number of carbonyl (C=O) groups excluding carboxylic acids is 3. The van der Waals surface area contributed by atoms with E-state index in [9.17, 15) is 19.5 Å². The van der Waals surface area contributed by atoms with Crippen molar-refractivity contribution in [2.75, 3.05) is 5.73 Å². The van der Waals surface area contributed by atoms with Gasteiger partial charge in [-0.15, -0.1) is 23.1 Å². The fourth-order valence-electron chi connectivity index (χ4n) is 4.06. The van der Waals surface area contributed by atoms with Gasteiger partial charge in [0.2, 0.25) is 5.91 Å². The molecule has 1 aromatic rings. The van der Waals surface area contributed by atoms with Crippen molar-refractivity contribution < 1.29 is 53.9 Å². The molecule has 31 heavy (non-hydrogen) atoms. The number of thiazole rings is 1. The van der Waals surface area contributed by atoms with Gasteiger partial charge < -0.3 is 30.7 Å². The van der Waals surface area contributed by atoms with Crippen LogP contribution < -0.4 is 45.7 Å². The van der Waals surface area contributed by atoms with Gasteiger partial charge in [-0.1, -0.05) is 5.16 Å². The molecule has 3 fully saturated rings. The number of carboxylic acid groups (broad SMARTS) is 1. The van der Waals surface area contributed by atoms with Crippen LogP contribution in [0.3, 0.4) is 0 Å². The number of carbonyl (C=O) groups is 3. The number of nitrogens with one attached hydrogen (secondary N) is 1. The molecule has 2 amide bonds. The third-order valence-electron chi connectivity index (χ3n) is 5.53. The summed E-state index contributed by atoms with van der Waals surface area (Å²) in [6, 6.07) is -1.91. The second-order valence-corrected chi connectivity index (χ2v) is 10.7. The predicted molar refractivity (Wildman–Crippen MR) is 109 cm³/mol. The Morgan fingerprint density at radius 2 is 2.06 bits per heavy atom. The molecule has 1 saturated carbocycles. The normalized spacial score (nSPS) is 27.3. The minimum absolute atomic E-state index is 0. The molecule has 13 heteroatoms. The Morgan fingerprint density at radius 3 is 2.65 bits per heavy atom. The van der Waals surface area contributed by atoms with E-state index in [0.29, 0.717) is 0 Å². The van der Waals surface area contributed by atoms with Gasteiger partial charge in [-0.05, 0) is 39.5 Å². The van der Waals surface area contributed by atoms with E-state index in [1.165, 1.54) is 16.7 Å². The molecule has 0 bridgehead atoms. The maximum absolute atomic E-state index is 13.0. The minimum Gasteiger partial charge on any atom is -0.548 e. The summed E-state index contributed by atoms with van der Waals surface area (Å²) in [6.45, 7) is 3.48. The van der Waals surface area contributed by atoms with Crippen LogP contribution in [0.1, 0.15) is 45.2 Å². The number of amides is 2. The summed E-state index contributed by atoms with van der Waals surface area (Å²) in [7, 11) is 0. The monoisotopic (exact) mass is 475 g/mol. The zero-order chi connectivity index (χ0) is 21.6. The molecule has 162 valence electrons. The molecule has 3 heterocycles. The van der Waals surface area contributed by atoms with Crippen molar-refractivity contribution in [1.82, 2.24) is 15.2 Å². The molecule has 10 nitrogen and oxygen atoms in total. The summed E-state index contributed by atoms with van der Waals surface area (Å²) >= 11 is 2.48. The van der Waals surface area contributed by atoms with E-state index in [-0.39, 0.29) is 52.2 Å². The quantitative estimate of drug-likeness (QED) is 0.188. The SMILES string of the molecule is CC1(C)S[C@@H]2[C@H](NC(=O)/C(=N/OC3CCCC3)c3csc(N)n3)C(=O)N2[C@H]1C(=O)[O-].[Na+]. The van der Waals surface area contributed by atoms with Crippen molar-refractivity contribution in [3.8, 4) is 0 Å². The van der Waals surface area contributed by atoms with Gasteiger partial charge in [0.1, 0.15) is 23.2 Å². The Bertz CT molecular complexity index is 917. The van der Waals surface area contributed by atoms with Gasteiger partial charge >= 0.3 is 29.6 Å². The number of nitrogens with zero attached hydrogens (tertiary/aromatic N) is 3. The van der Waals surface area contributed by atoms with E-state index >= 15 is 0 Å².